The Hall–Kier alpha value is 0.400. The summed E-state index contributed by atoms with van der Waals surface area (Å²) in [6.45, 7) is 3.61. The van der Waals surface area contributed by atoms with E-state index in [1.54, 1.807) is 0 Å². The van der Waals surface area contributed by atoms with Crippen molar-refractivity contribution < 1.29 is 9.47 Å². The fourth-order valence-corrected chi connectivity index (χ4v) is 1.22. The van der Waals surface area contributed by atoms with E-state index in [4.69, 9.17) is 9.47 Å². The van der Waals surface area contributed by atoms with Gasteiger partial charge in [0.05, 0.1) is 18.5 Å². The van der Waals surface area contributed by atoms with Crippen LogP contribution in [-0.4, -0.2) is 24.3 Å². The van der Waals surface area contributed by atoms with Crippen LogP contribution in [0.15, 0.2) is 0 Å². The van der Waals surface area contributed by atoms with Crippen molar-refractivity contribution in [2.24, 2.45) is 0 Å². The third-order valence-corrected chi connectivity index (χ3v) is 2.61. The maximum absolute atomic E-state index is 5.47. The Labute approximate surface area is 70.0 Å². The number of alkyl halides is 1. The van der Waals surface area contributed by atoms with Gasteiger partial charge in [-0.05, 0) is 19.8 Å². The molecular formula is C7H13BrO2. The first-order valence-corrected chi connectivity index (χ1v) is 4.73. The van der Waals surface area contributed by atoms with E-state index in [-0.39, 0.29) is 5.79 Å². The molecule has 0 aliphatic carbocycles. The van der Waals surface area contributed by atoms with Gasteiger partial charge >= 0.3 is 0 Å². The number of ether oxygens (including phenoxy) is 2. The topological polar surface area (TPSA) is 18.5 Å². The molecule has 0 radical (unpaired) electrons. The quantitative estimate of drug-likeness (QED) is 0.614. The highest BCUT2D eigenvalue weighted by atomic mass is 79.9. The minimum absolute atomic E-state index is 0.378. The lowest BCUT2D eigenvalue weighted by Crippen LogP contribution is -2.33. The van der Waals surface area contributed by atoms with Crippen molar-refractivity contribution in [3.05, 3.63) is 0 Å². The maximum atomic E-state index is 5.47. The van der Waals surface area contributed by atoms with Gasteiger partial charge in [-0.25, -0.2) is 0 Å². The van der Waals surface area contributed by atoms with Crippen LogP contribution in [0.4, 0.5) is 0 Å². The normalized spacial score (nSPS) is 25.8. The van der Waals surface area contributed by atoms with E-state index >= 15 is 0 Å². The Morgan fingerprint density at radius 3 is 2.20 bits per heavy atom. The lowest BCUT2D eigenvalue weighted by atomic mass is 10.3. The summed E-state index contributed by atoms with van der Waals surface area (Å²) in [6, 6.07) is 0. The smallest absolute Gasteiger partial charge is 0.175 e. The van der Waals surface area contributed by atoms with Gasteiger partial charge in [0.2, 0.25) is 0 Å². The van der Waals surface area contributed by atoms with Crippen LogP contribution in [0.2, 0.25) is 0 Å². The fraction of sp³-hybridized carbons (Fsp3) is 1.00. The van der Waals surface area contributed by atoms with Gasteiger partial charge < -0.3 is 9.47 Å². The third-order valence-electron chi connectivity index (χ3n) is 1.60. The second-order valence-electron chi connectivity index (χ2n) is 2.67. The molecule has 0 N–H and O–H groups in total. The van der Waals surface area contributed by atoms with Gasteiger partial charge in [-0.3, -0.25) is 0 Å². The average Bonchev–Trinajstić information content (AvgIpc) is 2.15. The lowest BCUT2D eigenvalue weighted by molar-refractivity contribution is -0.194. The average molecular weight is 209 g/mol. The van der Waals surface area contributed by atoms with Gasteiger partial charge in [0.25, 0.3) is 0 Å². The molecule has 2 nitrogen and oxygen atoms in total. The molecule has 0 aromatic heterocycles. The first kappa shape index (κ1) is 8.50. The van der Waals surface area contributed by atoms with Crippen LogP contribution in [0.5, 0.6) is 0 Å². The summed E-state index contributed by atoms with van der Waals surface area (Å²) in [5, 5.41) is 0.750. The van der Waals surface area contributed by atoms with Crippen molar-refractivity contribution in [1.29, 1.82) is 0 Å². The zero-order chi connectivity index (χ0) is 7.45. The van der Waals surface area contributed by atoms with E-state index in [0.29, 0.717) is 0 Å². The first-order chi connectivity index (χ1) is 4.77. The molecule has 0 aromatic rings. The standard InChI is InChI=1S/C7H13BrO2/c1-7(6-8)9-4-2-3-5-10-7/h2-6H2,1H3. The molecule has 0 unspecified atom stereocenters. The SMILES string of the molecule is CC1(CBr)OCCCCO1. The summed E-state index contributed by atoms with van der Waals surface area (Å²) in [4.78, 5) is 0. The first-order valence-electron chi connectivity index (χ1n) is 3.61. The van der Waals surface area contributed by atoms with E-state index in [0.717, 1.165) is 31.4 Å². The molecule has 1 saturated heterocycles. The zero-order valence-electron chi connectivity index (χ0n) is 6.23. The highest BCUT2D eigenvalue weighted by Crippen LogP contribution is 2.19. The molecule has 0 spiro atoms. The molecule has 0 aromatic carbocycles. The van der Waals surface area contributed by atoms with Crippen LogP contribution >= 0.6 is 15.9 Å². The Kier molecular flexibility index (Phi) is 3.14. The highest BCUT2D eigenvalue weighted by molar-refractivity contribution is 9.09. The van der Waals surface area contributed by atoms with Crippen LogP contribution in [-0.2, 0) is 9.47 Å². The molecule has 3 heteroatoms. The molecule has 1 rings (SSSR count). The number of rotatable bonds is 1. The number of halogens is 1. The van der Waals surface area contributed by atoms with Crippen molar-refractivity contribution >= 4 is 15.9 Å². The monoisotopic (exact) mass is 208 g/mol. The van der Waals surface area contributed by atoms with Crippen molar-refractivity contribution in [1.82, 2.24) is 0 Å². The second-order valence-corrected chi connectivity index (χ2v) is 3.23. The van der Waals surface area contributed by atoms with Crippen molar-refractivity contribution in [3.8, 4) is 0 Å². The minimum atomic E-state index is -0.378. The van der Waals surface area contributed by atoms with Crippen molar-refractivity contribution in [3.63, 3.8) is 0 Å². The van der Waals surface area contributed by atoms with E-state index in [2.05, 4.69) is 15.9 Å². The van der Waals surface area contributed by atoms with Crippen LogP contribution in [0, 0.1) is 0 Å². The van der Waals surface area contributed by atoms with Gasteiger partial charge in [0.1, 0.15) is 0 Å². The molecule has 60 valence electrons. The van der Waals surface area contributed by atoms with Crippen LogP contribution in [0.25, 0.3) is 0 Å². The summed E-state index contributed by atoms with van der Waals surface area (Å²) in [5.41, 5.74) is 0. The molecule has 10 heavy (non-hydrogen) atoms. The molecule has 0 bridgehead atoms. The zero-order valence-corrected chi connectivity index (χ0v) is 7.82. The number of hydrogen-bond donors (Lipinski definition) is 0. The van der Waals surface area contributed by atoms with Gasteiger partial charge in [0.15, 0.2) is 5.79 Å². The van der Waals surface area contributed by atoms with Gasteiger partial charge in [-0.15, -0.1) is 0 Å². The van der Waals surface area contributed by atoms with Gasteiger partial charge in [-0.1, -0.05) is 15.9 Å². The van der Waals surface area contributed by atoms with Crippen LogP contribution in [0.1, 0.15) is 19.8 Å². The van der Waals surface area contributed by atoms with Crippen molar-refractivity contribution in [2.45, 2.75) is 25.6 Å². The van der Waals surface area contributed by atoms with E-state index < -0.39 is 0 Å². The summed E-state index contributed by atoms with van der Waals surface area (Å²) in [7, 11) is 0. The number of hydrogen-bond acceptors (Lipinski definition) is 2. The van der Waals surface area contributed by atoms with E-state index in [1.807, 2.05) is 6.92 Å². The Morgan fingerprint density at radius 2 is 1.80 bits per heavy atom. The second kappa shape index (κ2) is 3.69. The van der Waals surface area contributed by atoms with Gasteiger partial charge in [0, 0.05) is 0 Å². The molecular weight excluding hydrogens is 196 g/mol. The third kappa shape index (κ3) is 2.22. The summed E-state index contributed by atoms with van der Waals surface area (Å²) in [5.74, 6) is -0.378. The predicted molar refractivity (Wildman–Crippen MR) is 43.3 cm³/mol. The van der Waals surface area contributed by atoms with Crippen LogP contribution in [0.3, 0.4) is 0 Å². The molecule has 1 fully saturated rings. The summed E-state index contributed by atoms with van der Waals surface area (Å²) in [6.07, 6.45) is 2.23. The largest absolute Gasteiger partial charge is 0.349 e. The van der Waals surface area contributed by atoms with E-state index in [9.17, 15) is 0 Å². The maximum Gasteiger partial charge on any atom is 0.175 e. The summed E-state index contributed by atoms with van der Waals surface area (Å²) < 4.78 is 10.9. The van der Waals surface area contributed by atoms with Crippen LogP contribution < -0.4 is 0 Å². The molecule has 0 amide bonds. The molecule has 1 aliphatic rings. The lowest BCUT2D eigenvalue weighted by Gasteiger charge is -2.25. The molecule has 0 atom stereocenters. The minimum Gasteiger partial charge on any atom is -0.349 e. The highest BCUT2D eigenvalue weighted by Gasteiger charge is 2.25. The predicted octanol–water partition coefficient (Wildman–Crippen LogP) is 1.92. The van der Waals surface area contributed by atoms with Gasteiger partial charge in [-0.2, -0.15) is 0 Å². The molecule has 1 aliphatic heterocycles. The Balaban J connectivity index is 2.41. The molecule has 1 heterocycles. The van der Waals surface area contributed by atoms with Crippen molar-refractivity contribution in [2.75, 3.05) is 18.5 Å². The fourth-order valence-electron chi connectivity index (χ4n) is 0.899. The Morgan fingerprint density at radius 1 is 1.30 bits per heavy atom. The Bertz CT molecular complexity index is 97.8. The summed E-state index contributed by atoms with van der Waals surface area (Å²) >= 11 is 3.35. The molecule has 0 saturated carbocycles. The van der Waals surface area contributed by atoms with E-state index in [1.165, 1.54) is 0 Å².